The third kappa shape index (κ3) is 3.52. The average molecular weight is 243 g/mol. The van der Waals surface area contributed by atoms with Crippen molar-refractivity contribution in [2.45, 2.75) is 0 Å². The van der Waals surface area contributed by atoms with E-state index in [0.29, 0.717) is 10.6 Å². The molecule has 0 bridgehead atoms. The van der Waals surface area contributed by atoms with Gasteiger partial charge in [-0.15, -0.1) is 0 Å². The quantitative estimate of drug-likeness (QED) is 0.769. The number of hydrazine groups is 1. The molecule has 0 aliphatic heterocycles. The van der Waals surface area contributed by atoms with E-state index < -0.39 is 11.8 Å². The van der Waals surface area contributed by atoms with Gasteiger partial charge >= 0.3 is 0 Å². The van der Waals surface area contributed by atoms with Gasteiger partial charge in [-0.05, 0) is 12.1 Å². The van der Waals surface area contributed by atoms with Crippen LogP contribution < -0.4 is 10.9 Å². The first kappa shape index (κ1) is 12.5. The molecule has 2 amide bonds. The molecule has 0 unspecified atom stereocenters. The summed E-state index contributed by atoms with van der Waals surface area (Å²) in [4.78, 5) is 22.5. The van der Waals surface area contributed by atoms with E-state index in [0.717, 1.165) is 0 Å². The summed E-state index contributed by atoms with van der Waals surface area (Å²) in [5, 5.41) is 0.320. The van der Waals surface area contributed by atoms with Crippen LogP contribution in [0.25, 0.3) is 0 Å². The van der Waals surface area contributed by atoms with Gasteiger partial charge in [-0.1, -0.05) is 23.7 Å². The number of hydrogen-bond acceptors (Lipinski definition) is 3. The predicted molar refractivity (Wildman–Crippen MR) is 58.9 cm³/mol. The number of rotatable bonds is 3. The fraction of sp³-hybridized carbons (Fsp3) is 0.200. The molecule has 2 N–H and O–H groups in total. The molecule has 5 nitrogen and oxygen atoms in total. The Morgan fingerprint density at radius 3 is 2.62 bits per heavy atom. The second-order valence-corrected chi connectivity index (χ2v) is 3.32. The van der Waals surface area contributed by atoms with Crippen LogP contribution in [0.3, 0.4) is 0 Å². The number of carbonyl (C=O) groups excluding carboxylic acids is 2. The Morgan fingerprint density at radius 1 is 1.31 bits per heavy atom. The van der Waals surface area contributed by atoms with Crippen LogP contribution in [0.15, 0.2) is 24.3 Å². The fourth-order valence-corrected chi connectivity index (χ4v) is 1.23. The summed E-state index contributed by atoms with van der Waals surface area (Å²) in [6, 6.07) is 6.54. The number of amides is 2. The maximum Gasteiger partial charge on any atom is 0.271 e. The lowest BCUT2D eigenvalue weighted by molar-refractivity contribution is -0.125. The Bertz CT molecular complexity index is 395. The molecular formula is C10H11ClN2O3. The minimum Gasteiger partial charge on any atom is -0.375 e. The Morgan fingerprint density at radius 2 is 2.00 bits per heavy atom. The lowest BCUT2D eigenvalue weighted by atomic mass is 10.2. The third-order valence-electron chi connectivity index (χ3n) is 1.71. The van der Waals surface area contributed by atoms with Crippen LogP contribution in [-0.4, -0.2) is 25.5 Å². The summed E-state index contributed by atoms with van der Waals surface area (Å²) < 4.78 is 4.58. The number of carbonyl (C=O) groups is 2. The molecule has 0 aliphatic carbocycles. The van der Waals surface area contributed by atoms with Gasteiger partial charge in [0.25, 0.3) is 11.8 Å². The number of halogens is 1. The molecule has 16 heavy (non-hydrogen) atoms. The van der Waals surface area contributed by atoms with Crippen molar-refractivity contribution < 1.29 is 14.3 Å². The van der Waals surface area contributed by atoms with Gasteiger partial charge in [0, 0.05) is 7.11 Å². The van der Waals surface area contributed by atoms with Gasteiger partial charge in [-0.2, -0.15) is 0 Å². The molecule has 0 saturated carbocycles. The van der Waals surface area contributed by atoms with Crippen molar-refractivity contribution >= 4 is 23.4 Å². The van der Waals surface area contributed by atoms with Crippen molar-refractivity contribution in [3.05, 3.63) is 34.9 Å². The first-order valence-corrected chi connectivity index (χ1v) is 4.85. The SMILES string of the molecule is COCC(=O)NNC(=O)c1ccccc1Cl. The lowest BCUT2D eigenvalue weighted by Crippen LogP contribution is -2.43. The molecular weight excluding hydrogens is 232 g/mol. The van der Waals surface area contributed by atoms with E-state index in [1.54, 1.807) is 24.3 Å². The van der Waals surface area contributed by atoms with E-state index in [2.05, 4.69) is 15.6 Å². The molecule has 0 fully saturated rings. The normalized spacial score (nSPS) is 9.62. The molecule has 1 aromatic carbocycles. The highest BCUT2D eigenvalue weighted by Crippen LogP contribution is 2.13. The van der Waals surface area contributed by atoms with E-state index in [9.17, 15) is 9.59 Å². The number of nitrogens with one attached hydrogen (secondary N) is 2. The van der Waals surface area contributed by atoms with E-state index in [4.69, 9.17) is 11.6 Å². The summed E-state index contributed by atoms with van der Waals surface area (Å²) in [6.45, 7) is -0.122. The third-order valence-corrected chi connectivity index (χ3v) is 2.04. The van der Waals surface area contributed by atoms with E-state index >= 15 is 0 Å². The van der Waals surface area contributed by atoms with Gasteiger partial charge in [-0.3, -0.25) is 20.4 Å². The molecule has 0 spiro atoms. The van der Waals surface area contributed by atoms with Gasteiger partial charge < -0.3 is 4.74 Å². The van der Waals surface area contributed by atoms with Gasteiger partial charge in [0.1, 0.15) is 6.61 Å². The standard InChI is InChI=1S/C10H11ClN2O3/c1-16-6-9(14)12-13-10(15)7-4-2-3-5-8(7)11/h2-5H,6H2,1H3,(H,12,14)(H,13,15). The summed E-state index contributed by atoms with van der Waals surface area (Å²) >= 11 is 5.80. The highest BCUT2D eigenvalue weighted by Gasteiger charge is 2.09. The van der Waals surface area contributed by atoms with Crippen LogP contribution in [0.2, 0.25) is 5.02 Å². The number of ether oxygens (including phenoxy) is 1. The zero-order chi connectivity index (χ0) is 12.0. The number of hydrogen-bond donors (Lipinski definition) is 2. The van der Waals surface area contributed by atoms with Crippen molar-refractivity contribution in [3.63, 3.8) is 0 Å². The summed E-state index contributed by atoms with van der Waals surface area (Å²) in [5.41, 5.74) is 4.70. The monoisotopic (exact) mass is 242 g/mol. The van der Waals surface area contributed by atoms with Gasteiger partial charge in [0.15, 0.2) is 0 Å². The Balaban J connectivity index is 2.54. The van der Waals surface area contributed by atoms with Crippen LogP contribution in [0.1, 0.15) is 10.4 Å². The van der Waals surface area contributed by atoms with Crippen LogP contribution in [0.4, 0.5) is 0 Å². The van der Waals surface area contributed by atoms with Crippen LogP contribution >= 0.6 is 11.6 Å². The second-order valence-electron chi connectivity index (χ2n) is 2.92. The maximum atomic E-state index is 11.5. The fourth-order valence-electron chi connectivity index (χ4n) is 1.01. The largest absolute Gasteiger partial charge is 0.375 e. The lowest BCUT2D eigenvalue weighted by Gasteiger charge is -2.07. The molecule has 6 heteroatoms. The maximum absolute atomic E-state index is 11.5. The minimum absolute atomic E-state index is 0.122. The summed E-state index contributed by atoms with van der Waals surface area (Å²) in [5.74, 6) is -0.919. The first-order valence-electron chi connectivity index (χ1n) is 4.48. The topological polar surface area (TPSA) is 67.4 Å². The van der Waals surface area contributed by atoms with Crippen LogP contribution in [-0.2, 0) is 9.53 Å². The summed E-state index contributed by atoms with van der Waals surface area (Å²) in [7, 11) is 1.38. The molecule has 1 rings (SSSR count). The number of methoxy groups -OCH3 is 1. The van der Waals surface area contributed by atoms with Crippen molar-refractivity contribution in [2.24, 2.45) is 0 Å². The van der Waals surface area contributed by atoms with Crippen molar-refractivity contribution in [3.8, 4) is 0 Å². The Hall–Kier alpha value is -1.59. The minimum atomic E-state index is -0.477. The summed E-state index contributed by atoms with van der Waals surface area (Å²) in [6.07, 6.45) is 0. The van der Waals surface area contributed by atoms with Crippen LogP contribution in [0.5, 0.6) is 0 Å². The Labute approximate surface area is 97.7 Å². The highest BCUT2D eigenvalue weighted by molar-refractivity contribution is 6.33. The molecule has 0 atom stereocenters. The highest BCUT2D eigenvalue weighted by atomic mass is 35.5. The molecule has 0 radical (unpaired) electrons. The first-order chi connectivity index (χ1) is 7.65. The predicted octanol–water partition coefficient (Wildman–Crippen LogP) is 0.747. The van der Waals surface area contributed by atoms with Gasteiger partial charge in [0.05, 0.1) is 10.6 Å². The molecule has 0 aromatic heterocycles. The van der Waals surface area contributed by atoms with Crippen molar-refractivity contribution in [2.75, 3.05) is 13.7 Å². The second kappa shape index (κ2) is 6.09. The smallest absolute Gasteiger partial charge is 0.271 e. The molecule has 0 heterocycles. The zero-order valence-corrected chi connectivity index (χ0v) is 9.38. The van der Waals surface area contributed by atoms with E-state index in [1.165, 1.54) is 7.11 Å². The number of benzene rings is 1. The molecule has 86 valence electrons. The van der Waals surface area contributed by atoms with Crippen LogP contribution in [0, 0.1) is 0 Å². The van der Waals surface area contributed by atoms with Gasteiger partial charge in [0.2, 0.25) is 0 Å². The molecule has 1 aromatic rings. The van der Waals surface area contributed by atoms with E-state index in [1.807, 2.05) is 0 Å². The molecule has 0 aliphatic rings. The average Bonchev–Trinajstić information content (AvgIpc) is 2.27. The van der Waals surface area contributed by atoms with Crippen molar-refractivity contribution in [1.29, 1.82) is 0 Å². The van der Waals surface area contributed by atoms with Gasteiger partial charge in [-0.25, -0.2) is 0 Å². The zero-order valence-electron chi connectivity index (χ0n) is 8.62. The van der Waals surface area contributed by atoms with E-state index in [-0.39, 0.29) is 6.61 Å². The molecule has 0 saturated heterocycles. The van der Waals surface area contributed by atoms with Crippen molar-refractivity contribution in [1.82, 2.24) is 10.9 Å². The Kier molecular flexibility index (Phi) is 4.75.